The number of amides is 1. The van der Waals surface area contributed by atoms with Gasteiger partial charge in [-0.25, -0.2) is 4.79 Å². The Kier molecular flexibility index (Phi) is 4.03. The van der Waals surface area contributed by atoms with Gasteiger partial charge < -0.3 is 19.7 Å². The number of aryl methyl sites for hydroxylation is 1. The number of rotatable bonds is 2. The molecule has 2 N–H and O–H groups in total. The number of thiazole rings is 1. The standard InChI is InChI=1S/C11H17N3O3S/c1-13-6-9(7-15)18-10(13)12-8-2-4-14(5-3-8)11(16)17/h6,8,15H,2-5,7H2,1H3,(H,16,17)/b12-10-. The van der Waals surface area contributed by atoms with Crippen molar-refractivity contribution in [2.45, 2.75) is 25.5 Å². The topological polar surface area (TPSA) is 78.1 Å². The molecular formula is C11H17N3O3S. The third-order valence-electron chi connectivity index (χ3n) is 3.05. The van der Waals surface area contributed by atoms with Crippen molar-refractivity contribution < 1.29 is 15.0 Å². The molecule has 0 aliphatic carbocycles. The van der Waals surface area contributed by atoms with Crippen molar-refractivity contribution in [2.75, 3.05) is 13.1 Å². The van der Waals surface area contributed by atoms with Crippen LogP contribution in [0.15, 0.2) is 11.2 Å². The maximum absolute atomic E-state index is 10.8. The van der Waals surface area contributed by atoms with Crippen LogP contribution in [0.1, 0.15) is 17.7 Å². The molecule has 18 heavy (non-hydrogen) atoms. The van der Waals surface area contributed by atoms with Gasteiger partial charge in [0.05, 0.1) is 12.6 Å². The Morgan fingerprint density at radius 3 is 2.72 bits per heavy atom. The van der Waals surface area contributed by atoms with Crippen molar-refractivity contribution in [1.29, 1.82) is 0 Å². The molecule has 7 heteroatoms. The molecule has 0 spiro atoms. The molecule has 1 aliphatic heterocycles. The highest BCUT2D eigenvalue weighted by molar-refractivity contribution is 7.09. The minimum absolute atomic E-state index is 0.0332. The molecule has 2 rings (SSSR count). The van der Waals surface area contributed by atoms with E-state index in [0.717, 1.165) is 22.5 Å². The predicted octanol–water partition coefficient (Wildman–Crippen LogP) is 0.622. The summed E-state index contributed by atoms with van der Waals surface area (Å²) in [5, 5.41) is 17.9. The molecule has 0 saturated carbocycles. The van der Waals surface area contributed by atoms with Crippen LogP contribution in [0.3, 0.4) is 0 Å². The summed E-state index contributed by atoms with van der Waals surface area (Å²) in [5.41, 5.74) is 0. The van der Waals surface area contributed by atoms with Gasteiger partial charge >= 0.3 is 6.09 Å². The van der Waals surface area contributed by atoms with Gasteiger partial charge in [-0.3, -0.25) is 4.99 Å². The number of piperidine rings is 1. The number of aromatic nitrogens is 1. The fourth-order valence-corrected chi connectivity index (χ4v) is 2.93. The first-order valence-electron chi connectivity index (χ1n) is 5.88. The zero-order valence-electron chi connectivity index (χ0n) is 10.2. The lowest BCUT2D eigenvalue weighted by Crippen LogP contribution is -2.39. The lowest BCUT2D eigenvalue weighted by atomic mass is 10.1. The summed E-state index contributed by atoms with van der Waals surface area (Å²) in [7, 11) is 1.90. The maximum Gasteiger partial charge on any atom is 0.407 e. The largest absolute Gasteiger partial charge is 0.465 e. The highest BCUT2D eigenvalue weighted by Crippen LogP contribution is 2.13. The highest BCUT2D eigenvalue weighted by Gasteiger charge is 2.21. The zero-order valence-corrected chi connectivity index (χ0v) is 11.1. The Balaban J connectivity index is 2.06. The van der Waals surface area contributed by atoms with Crippen LogP contribution in [0.25, 0.3) is 0 Å². The normalized spacial score (nSPS) is 18.3. The van der Waals surface area contributed by atoms with Crippen molar-refractivity contribution in [2.24, 2.45) is 12.0 Å². The summed E-state index contributed by atoms with van der Waals surface area (Å²) in [4.78, 5) is 18.6. The smallest absolute Gasteiger partial charge is 0.407 e. The molecule has 0 aromatic carbocycles. The molecule has 1 amide bonds. The van der Waals surface area contributed by atoms with Crippen molar-refractivity contribution in [3.05, 3.63) is 15.9 Å². The van der Waals surface area contributed by atoms with E-state index in [1.54, 1.807) is 0 Å². The van der Waals surface area contributed by atoms with E-state index in [-0.39, 0.29) is 12.6 Å². The van der Waals surface area contributed by atoms with E-state index >= 15 is 0 Å². The number of carbonyl (C=O) groups is 1. The molecule has 0 unspecified atom stereocenters. The molecule has 1 aliphatic rings. The van der Waals surface area contributed by atoms with Gasteiger partial charge in [0.15, 0.2) is 4.80 Å². The van der Waals surface area contributed by atoms with Gasteiger partial charge in [-0.1, -0.05) is 11.3 Å². The average molecular weight is 271 g/mol. The monoisotopic (exact) mass is 271 g/mol. The van der Waals surface area contributed by atoms with Crippen LogP contribution in [-0.4, -0.2) is 44.9 Å². The van der Waals surface area contributed by atoms with E-state index in [1.807, 2.05) is 17.8 Å². The summed E-state index contributed by atoms with van der Waals surface area (Å²) in [6, 6.07) is 0.178. The number of likely N-dealkylation sites (tertiary alicyclic amines) is 1. The van der Waals surface area contributed by atoms with Crippen LogP contribution in [0.5, 0.6) is 0 Å². The number of nitrogens with zero attached hydrogens (tertiary/aromatic N) is 3. The van der Waals surface area contributed by atoms with E-state index in [9.17, 15) is 4.79 Å². The third-order valence-corrected chi connectivity index (χ3v) is 4.12. The van der Waals surface area contributed by atoms with Crippen LogP contribution in [0.4, 0.5) is 4.79 Å². The summed E-state index contributed by atoms with van der Waals surface area (Å²) in [6.45, 7) is 1.13. The molecule has 0 radical (unpaired) electrons. The molecular weight excluding hydrogens is 254 g/mol. The number of hydrogen-bond acceptors (Lipinski definition) is 4. The second-order valence-corrected chi connectivity index (χ2v) is 5.47. The average Bonchev–Trinajstić information content (AvgIpc) is 2.71. The van der Waals surface area contributed by atoms with Gasteiger partial charge in [-0.15, -0.1) is 0 Å². The number of aliphatic hydroxyl groups is 1. The second-order valence-electron chi connectivity index (χ2n) is 4.38. The molecule has 1 saturated heterocycles. The maximum atomic E-state index is 10.8. The molecule has 0 bridgehead atoms. The number of hydrogen-bond donors (Lipinski definition) is 2. The van der Waals surface area contributed by atoms with E-state index in [0.29, 0.717) is 13.1 Å². The third kappa shape index (κ3) is 2.91. The van der Waals surface area contributed by atoms with Crippen LogP contribution >= 0.6 is 11.3 Å². The Morgan fingerprint density at radius 1 is 1.56 bits per heavy atom. The predicted molar refractivity (Wildman–Crippen MR) is 67.4 cm³/mol. The van der Waals surface area contributed by atoms with Gasteiger partial charge in [0.2, 0.25) is 0 Å². The van der Waals surface area contributed by atoms with Gasteiger partial charge in [0.1, 0.15) is 0 Å². The zero-order chi connectivity index (χ0) is 13.1. The Morgan fingerprint density at radius 2 is 2.22 bits per heavy atom. The van der Waals surface area contributed by atoms with Crippen molar-refractivity contribution in [3.63, 3.8) is 0 Å². The van der Waals surface area contributed by atoms with Crippen LogP contribution in [0.2, 0.25) is 0 Å². The molecule has 1 aromatic rings. The molecule has 0 atom stereocenters. The first-order valence-corrected chi connectivity index (χ1v) is 6.69. The fraction of sp³-hybridized carbons (Fsp3) is 0.636. The minimum Gasteiger partial charge on any atom is -0.465 e. The van der Waals surface area contributed by atoms with Crippen LogP contribution < -0.4 is 4.80 Å². The lowest BCUT2D eigenvalue weighted by molar-refractivity contribution is 0.132. The molecule has 1 fully saturated rings. The highest BCUT2D eigenvalue weighted by atomic mass is 32.1. The number of aliphatic hydroxyl groups excluding tert-OH is 1. The first-order chi connectivity index (χ1) is 8.60. The Bertz CT molecular complexity index is 486. The van der Waals surface area contributed by atoms with Gasteiger partial charge in [0, 0.05) is 31.2 Å². The van der Waals surface area contributed by atoms with E-state index in [2.05, 4.69) is 4.99 Å². The SMILES string of the molecule is Cn1cc(CO)s/c1=N\C1CCN(C(=O)O)CC1. The van der Waals surface area contributed by atoms with Crippen LogP contribution in [-0.2, 0) is 13.7 Å². The molecule has 6 nitrogen and oxygen atoms in total. The summed E-state index contributed by atoms with van der Waals surface area (Å²) in [5.74, 6) is 0. The minimum atomic E-state index is -0.849. The van der Waals surface area contributed by atoms with E-state index in [4.69, 9.17) is 10.2 Å². The van der Waals surface area contributed by atoms with Gasteiger partial charge in [0.25, 0.3) is 0 Å². The Labute approximate surface area is 109 Å². The summed E-state index contributed by atoms with van der Waals surface area (Å²) >= 11 is 1.48. The van der Waals surface area contributed by atoms with Gasteiger partial charge in [-0.2, -0.15) is 0 Å². The lowest BCUT2D eigenvalue weighted by Gasteiger charge is -2.27. The molecule has 2 heterocycles. The van der Waals surface area contributed by atoms with Crippen molar-refractivity contribution in [1.82, 2.24) is 9.47 Å². The Hall–Kier alpha value is -1.34. The summed E-state index contributed by atoms with van der Waals surface area (Å²) in [6.07, 6.45) is 2.55. The summed E-state index contributed by atoms with van der Waals surface area (Å²) < 4.78 is 1.90. The van der Waals surface area contributed by atoms with Crippen molar-refractivity contribution >= 4 is 17.4 Å². The first kappa shape index (κ1) is 13.1. The molecule has 1 aromatic heterocycles. The van der Waals surface area contributed by atoms with E-state index < -0.39 is 6.09 Å². The van der Waals surface area contributed by atoms with E-state index in [1.165, 1.54) is 16.2 Å². The molecule has 100 valence electrons. The fourth-order valence-electron chi connectivity index (χ4n) is 2.02. The second kappa shape index (κ2) is 5.53. The quantitative estimate of drug-likeness (QED) is 0.828. The van der Waals surface area contributed by atoms with Gasteiger partial charge in [-0.05, 0) is 12.8 Å². The van der Waals surface area contributed by atoms with Crippen LogP contribution in [0, 0.1) is 0 Å². The van der Waals surface area contributed by atoms with Crippen molar-refractivity contribution in [3.8, 4) is 0 Å². The number of carboxylic acid groups (broad SMARTS) is 1.